The summed E-state index contributed by atoms with van der Waals surface area (Å²) in [6.45, 7) is 5.27. The zero-order valence-electron chi connectivity index (χ0n) is 10.0. The topological polar surface area (TPSA) is 57.6 Å². The summed E-state index contributed by atoms with van der Waals surface area (Å²) in [5, 5.41) is 8.77. The molecule has 0 aromatic heterocycles. The zero-order valence-corrected chi connectivity index (χ0v) is 11.6. The third kappa shape index (κ3) is 3.70. The molecule has 1 aromatic carbocycles. The molecule has 0 atom stereocenters. The summed E-state index contributed by atoms with van der Waals surface area (Å²) in [6, 6.07) is 5.16. The Balaban J connectivity index is 2.97. The fraction of sp³-hybridized carbons (Fsp3) is 0.231. The Morgan fingerprint density at radius 3 is 2.67 bits per heavy atom. The molecule has 0 unspecified atom stereocenters. The van der Waals surface area contributed by atoms with Gasteiger partial charge < -0.3 is 10.0 Å². The predicted octanol–water partition coefficient (Wildman–Crippen LogP) is 2.47. The van der Waals surface area contributed by atoms with Crippen LogP contribution in [-0.2, 0) is 4.79 Å². The van der Waals surface area contributed by atoms with Crippen molar-refractivity contribution in [1.82, 2.24) is 4.90 Å². The van der Waals surface area contributed by atoms with Crippen LogP contribution in [-0.4, -0.2) is 35.0 Å². The van der Waals surface area contributed by atoms with Crippen LogP contribution in [0.15, 0.2) is 35.3 Å². The van der Waals surface area contributed by atoms with Gasteiger partial charge >= 0.3 is 5.97 Å². The minimum atomic E-state index is -1.04. The van der Waals surface area contributed by atoms with Gasteiger partial charge in [-0.1, -0.05) is 22.0 Å². The summed E-state index contributed by atoms with van der Waals surface area (Å²) >= 11 is 3.35. The van der Waals surface area contributed by atoms with Crippen molar-refractivity contribution in [3.63, 3.8) is 0 Å². The summed E-state index contributed by atoms with van der Waals surface area (Å²) in [7, 11) is 0. The maximum absolute atomic E-state index is 12.1. The van der Waals surface area contributed by atoms with Crippen LogP contribution in [0.4, 0.5) is 0 Å². The molecule has 1 rings (SSSR count). The van der Waals surface area contributed by atoms with Crippen molar-refractivity contribution < 1.29 is 14.7 Å². The van der Waals surface area contributed by atoms with Crippen LogP contribution in [0.25, 0.3) is 0 Å². The van der Waals surface area contributed by atoms with Crippen molar-refractivity contribution in [2.45, 2.75) is 6.92 Å². The molecule has 5 heteroatoms. The number of rotatable bonds is 5. The summed E-state index contributed by atoms with van der Waals surface area (Å²) < 4.78 is 0.910. The summed E-state index contributed by atoms with van der Waals surface area (Å²) in [4.78, 5) is 24.1. The zero-order chi connectivity index (χ0) is 13.7. The second kappa shape index (κ2) is 6.35. The van der Waals surface area contributed by atoms with E-state index >= 15 is 0 Å². The Kier molecular flexibility index (Phi) is 5.09. The molecule has 18 heavy (non-hydrogen) atoms. The number of aliphatic carboxylic acids is 1. The lowest BCUT2D eigenvalue weighted by Crippen LogP contribution is -2.35. The van der Waals surface area contributed by atoms with Gasteiger partial charge in [0.25, 0.3) is 5.91 Å². The number of carbonyl (C=O) groups is 2. The molecule has 1 aromatic rings. The van der Waals surface area contributed by atoms with Crippen LogP contribution in [0.5, 0.6) is 0 Å². The molecule has 96 valence electrons. The van der Waals surface area contributed by atoms with E-state index in [0.717, 1.165) is 10.0 Å². The Morgan fingerprint density at radius 2 is 2.17 bits per heavy atom. The van der Waals surface area contributed by atoms with Crippen molar-refractivity contribution in [3.05, 3.63) is 46.5 Å². The van der Waals surface area contributed by atoms with Crippen LogP contribution < -0.4 is 0 Å². The molecule has 0 fully saturated rings. The number of nitrogens with zero attached hydrogens (tertiary/aromatic N) is 1. The lowest BCUT2D eigenvalue weighted by molar-refractivity contribution is -0.137. The van der Waals surface area contributed by atoms with E-state index in [-0.39, 0.29) is 19.0 Å². The standard InChI is InChI=1S/C13H14BrNO3/c1-3-6-15(8-12(16)17)13(18)10-4-5-11(14)9(2)7-10/h3-5,7H,1,6,8H2,2H3,(H,16,17). The SMILES string of the molecule is C=CCN(CC(=O)O)C(=O)c1ccc(Br)c(C)c1. The van der Waals surface area contributed by atoms with E-state index in [9.17, 15) is 9.59 Å². The van der Waals surface area contributed by atoms with E-state index in [2.05, 4.69) is 22.5 Å². The lowest BCUT2D eigenvalue weighted by Gasteiger charge is -2.19. The maximum Gasteiger partial charge on any atom is 0.323 e. The molecular formula is C13H14BrNO3. The first kappa shape index (κ1) is 14.4. The van der Waals surface area contributed by atoms with Crippen LogP contribution >= 0.6 is 15.9 Å². The van der Waals surface area contributed by atoms with Gasteiger partial charge in [0.05, 0.1) is 0 Å². The van der Waals surface area contributed by atoms with Crippen LogP contribution in [0.2, 0.25) is 0 Å². The monoisotopic (exact) mass is 311 g/mol. The number of carboxylic acids is 1. The van der Waals surface area contributed by atoms with Crippen molar-refractivity contribution in [2.24, 2.45) is 0 Å². The average Bonchev–Trinajstić information content (AvgIpc) is 2.31. The molecule has 0 aliphatic carbocycles. The lowest BCUT2D eigenvalue weighted by atomic mass is 10.1. The second-order valence-electron chi connectivity index (χ2n) is 3.83. The van der Waals surface area contributed by atoms with Gasteiger partial charge in [0.15, 0.2) is 0 Å². The van der Waals surface area contributed by atoms with E-state index < -0.39 is 5.97 Å². The molecule has 0 heterocycles. The highest BCUT2D eigenvalue weighted by molar-refractivity contribution is 9.10. The van der Waals surface area contributed by atoms with Gasteiger partial charge in [0.1, 0.15) is 6.54 Å². The molecule has 0 bridgehead atoms. The van der Waals surface area contributed by atoms with Gasteiger partial charge in [-0.15, -0.1) is 6.58 Å². The van der Waals surface area contributed by atoms with E-state index in [1.165, 1.54) is 11.0 Å². The van der Waals surface area contributed by atoms with Gasteiger partial charge in [-0.25, -0.2) is 0 Å². The highest BCUT2D eigenvalue weighted by atomic mass is 79.9. The molecule has 4 nitrogen and oxygen atoms in total. The van der Waals surface area contributed by atoms with Gasteiger partial charge in [0.2, 0.25) is 0 Å². The van der Waals surface area contributed by atoms with E-state index in [4.69, 9.17) is 5.11 Å². The molecule has 0 aliphatic heterocycles. The van der Waals surface area contributed by atoms with E-state index in [0.29, 0.717) is 5.56 Å². The predicted molar refractivity (Wildman–Crippen MR) is 72.6 cm³/mol. The summed E-state index contributed by atoms with van der Waals surface area (Å²) in [6.07, 6.45) is 1.51. The Bertz CT molecular complexity index is 485. The molecule has 1 amide bonds. The number of benzene rings is 1. The van der Waals surface area contributed by atoms with Crippen LogP contribution in [0.1, 0.15) is 15.9 Å². The number of halogens is 1. The number of carboxylic acid groups (broad SMARTS) is 1. The second-order valence-corrected chi connectivity index (χ2v) is 4.69. The Morgan fingerprint density at radius 1 is 1.50 bits per heavy atom. The molecule has 0 spiro atoms. The fourth-order valence-electron chi connectivity index (χ4n) is 1.50. The van der Waals surface area contributed by atoms with E-state index in [1.807, 2.05) is 6.92 Å². The first-order chi connectivity index (χ1) is 8.45. The Labute approximate surface area is 114 Å². The number of hydrogen-bond acceptors (Lipinski definition) is 2. The Hall–Kier alpha value is -1.62. The number of carbonyl (C=O) groups excluding carboxylic acids is 1. The normalized spacial score (nSPS) is 9.89. The van der Waals surface area contributed by atoms with Crippen molar-refractivity contribution in [3.8, 4) is 0 Å². The highest BCUT2D eigenvalue weighted by Crippen LogP contribution is 2.18. The third-order valence-electron chi connectivity index (χ3n) is 2.37. The number of amides is 1. The highest BCUT2D eigenvalue weighted by Gasteiger charge is 2.17. The van der Waals surface area contributed by atoms with Crippen LogP contribution in [0, 0.1) is 6.92 Å². The van der Waals surface area contributed by atoms with Gasteiger partial charge in [0, 0.05) is 16.6 Å². The minimum absolute atomic E-state index is 0.209. The van der Waals surface area contributed by atoms with Crippen molar-refractivity contribution in [2.75, 3.05) is 13.1 Å². The van der Waals surface area contributed by atoms with Gasteiger partial charge in [-0.2, -0.15) is 0 Å². The van der Waals surface area contributed by atoms with Crippen molar-refractivity contribution >= 4 is 27.8 Å². The first-order valence-corrected chi connectivity index (χ1v) is 6.13. The third-order valence-corrected chi connectivity index (χ3v) is 3.26. The van der Waals surface area contributed by atoms with E-state index in [1.54, 1.807) is 18.2 Å². The molecule has 1 N–H and O–H groups in total. The summed E-state index contributed by atoms with van der Waals surface area (Å²) in [5.74, 6) is -1.35. The molecule has 0 saturated heterocycles. The smallest absolute Gasteiger partial charge is 0.323 e. The number of hydrogen-bond donors (Lipinski definition) is 1. The largest absolute Gasteiger partial charge is 0.480 e. The van der Waals surface area contributed by atoms with Crippen molar-refractivity contribution in [1.29, 1.82) is 0 Å². The minimum Gasteiger partial charge on any atom is -0.480 e. The molecule has 0 saturated carbocycles. The van der Waals surface area contributed by atoms with Crippen LogP contribution in [0.3, 0.4) is 0 Å². The van der Waals surface area contributed by atoms with Gasteiger partial charge in [-0.05, 0) is 30.7 Å². The molecule has 0 aliphatic rings. The fourth-order valence-corrected chi connectivity index (χ4v) is 1.75. The average molecular weight is 312 g/mol. The maximum atomic E-state index is 12.1. The molecule has 0 radical (unpaired) electrons. The molecular weight excluding hydrogens is 298 g/mol. The quantitative estimate of drug-likeness (QED) is 0.850. The number of aryl methyl sites for hydroxylation is 1. The summed E-state index contributed by atoms with van der Waals surface area (Å²) in [5.41, 5.74) is 1.40. The van der Waals surface area contributed by atoms with Gasteiger partial charge in [-0.3, -0.25) is 9.59 Å². The first-order valence-electron chi connectivity index (χ1n) is 5.33.